The average Bonchev–Trinajstić information content (AvgIpc) is 2.74. The molecule has 0 unspecified atom stereocenters. The average molecular weight is 400 g/mol. The molecular formula is C25H21FN2O2. The van der Waals surface area contributed by atoms with Gasteiger partial charge < -0.3 is 10.8 Å². The first kappa shape index (κ1) is 19.7. The Morgan fingerprint density at radius 1 is 1.03 bits per heavy atom. The summed E-state index contributed by atoms with van der Waals surface area (Å²) in [6.45, 7) is 2.26. The molecule has 0 saturated carbocycles. The second-order valence-corrected chi connectivity index (χ2v) is 7.21. The molecule has 1 aromatic heterocycles. The Bertz CT molecular complexity index is 1250. The Kier molecular flexibility index (Phi) is 5.29. The number of nitrogens with two attached hydrogens (primary N) is 1. The van der Waals surface area contributed by atoms with Crippen molar-refractivity contribution in [3.05, 3.63) is 89.2 Å². The summed E-state index contributed by atoms with van der Waals surface area (Å²) in [5, 5.41) is 10.5. The molecule has 4 aromatic rings. The molecule has 3 aromatic carbocycles. The van der Waals surface area contributed by atoms with Crippen molar-refractivity contribution >= 4 is 16.9 Å². The van der Waals surface area contributed by atoms with Crippen molar-refractivity contribution in [2.24, 2.45) is 5.73 Å². The molecule has 0 atom stereocenters. The lowest BCUT2D eigenvalue weighted by molar-refractivity contribution is 0.0698. The van der Waals surface area contributed by atoms with Crippen molar-refractivity contribution in [1.29, 1.82) is 0 Å². The van der Waals surface area contributed by atoms with Crippen molar-refractivity contribution in [2.45, 2.75) is 13.3 Å². The van der Waals surface area contributed by atoms with Crippen LogP contribution in [0.4, 0.5) is 4.39 Å². The number of benzene rings is 3. The molecule has 0 amide bonds. The van der Waals surface area contributed by atoms with E-state index in [0.29, 0.717) is 40.7 Å². The SMILES string of the molecule is Cc1c(-c2ccc(-c3ccccc3F)cc2)nc2ccc(CCN)cc2c1C(=O)O. The maximum Gasteiger partial charge on any atom is 0.336 e. The van der Waals surface area contributed by atoms with Gasteiger partial charge in [-0.2, -0.15) is 0 Å². The predicted molar refractivity (Wildman–Crippen MR) is 117 cm³/mol. The van der Waals surface area contributed by atoms with E-state index >= 15 is 0 Å². The summed E-state index contributed by atoms with van der Waals surface area (Å²) in [6, 6.07) is 19.6. The molecule has 0 aliphatic carbocycles. The molecular weight excluding hydrogens is 379 g/mol. The van der Waals surface area contributed by atoms with Crippen LogP contribution >= 0.6 is 0 Å². The number of hydrogen-bond acceptors (Lipinski definition) is 3. The van der Waals surface area contributed by atoms with Crippen LogP contribution in [0.3, 0.4) is 0 Å². The first-order valence-corrected chi connectivity index (χ1v) is 9.71. The fourth-order valence-corrected chi connectivity index (χ4v) is 3.79. The molecule has 1 heterocycles. The number of aromatic nitrogens is 1. The first-order valence-electron chi connectivity index (χ1n) is 9.71. The third kappa shape index (κ3) is 3.55. The van der Waals surface area contributed by atoms with Crippen LogP contribution in [0.25, 0.3) is 33.3 Å². The molecule has 5 heteroatoms. The summed E-state index contributed by atoms with van der Waals surface area (Å²) < 4.78 is 14.1. The normalized spacial score (nSPS) is 11.0. The van der Waals surface area contributed by atoms with Crippen LogP contribution in [0.5, 0.6) is 0 Å². The number of rotatable bonds is 5. The van der Waals surface area contributed by atoms with Gasteiger partial charge in [-0.25, -0.2) is 14.2 Å². The molecule has 0 aliphatic rings. The smallest absolute Gasteiger partial charge is 0.336 e. The molecule has 0 radical (unpaired) electrons. The summed E-state index contributed by atoms with van der Waals surface area (Å²) in [7, 11) is 0. The monoisotopic (exact) mass is 400 g/mol. The highest BCUT2D eigenvalue weighted by Gasteiger charge is 2.19. The van der Waals surface area contributed by atoms with Gasteiger partial charge in [0.25, 0.3) is 0 Å². The number of fused-ring (bicyclic) bond motifs is 1. The molecule has 4 rings (SSSR count). The Morgan fingerprint density at radius 2 is 1.73 bits per heavy atom. The minimum atomic E-state index is -0.992. The highest BCUT2D eigenvalue weighted by Crippen LogP contribution is 2.32. The molecule has 0 fully saturated rings. The Balaban J connectivity index is 1.85. The minimum Gasteiger partial charge on any atom is -0.478 e. The number of nitrogens with zero attached hydrogens (tertiary/aromatic N) is 1. The van der Waals surface area contributed by atoms with Gasteiger partial charge in [-0.3, -0.25) is 0 Å². The van der Waals surface area contributed by atoms with Crippen molar-refractivity contribution in [2.75, 3.05) is 6.54 Å². The summed E-state index contributed by atoms with van der Waals surface area (Å²) in [5.74, 6) is -1.28. The van der Waals surface area contributed by atoms with Crippen LogP contribution in [0.15, 0.2) is 66.7 Å². The summed E-state index contributed by atoms with van der Waals surface area (Å²) in [5.41, 5.74) is 10.7. The molecule has 4 nitrogen and oxygen atoms in total. The van der Waals surface area contributed by atoms with Crippen LogP contribution in [0.2, 0.25) is 0 Å². The number of pyridine rings is 1. The third-order valence-corrected chi connectivity index (χ3v) is 5.28. The summed E-state index contributed by atoms with van der Waals surface area (Å²) in [6.07, 6.45) is 0.674. The number of carbonyl (C=O) groups is 1. The topological polar surface area (TPSA) is 76.2 Å². The molecule has 0 bridgehead atoms. The number of aromatic carboxylic acids is 1. The van der Waals surface area contributed by atoms with Crippen molar-refractivity contribution in [1.82, 2.24) is 4.98 Å². The molecule has 0 spiro atoms. The predicted octanol–water partition coefficient (Wildman–Crippen LogP) is 5.22. The summed E-state index contributed by atoms with van der Waals surface area (Å²) in [4.78, 5) is 16.8. The van der Waals surface area contributed by atoms with E-state index in [-0.39, 0.29) is 11.4 Å². The van der Waals surface area contributed by atoms with Gasteiger partial charge in [-0.05, 0) is 54.8 Å². The zero-order valence-corrected chi connectivity index (χ0v) is 16.5. The number of carboxylic acids is 1. The van der Waals surface area contributed by atoms with Crippen molar-refractivity contribution < 1.29 is 14.3 Å². The Morgan fingerprint density at radius 3 is 2.40 bits per heavy atom. The zero-order valence-electron chi connectivity index (χ0n) is 16.5. The van der Waals surface area contributed by atoms with Gasteiger partial charge in [0.15, 0.2) is 0 Å². The van der Waals surface area contributed by atoms with Gasteiger partial charge in [0.05, 0.1) is 16.8 Å². The van der Waals surface area contributed by atoms with Crippen molar-refractivity contribution in [3.8, 4) is 22.4 Å². The minimum absolute atomic E-state index is 0.243. The second-order valence-electron chi connectivity index (χ2n) is 7.21. The van der Waals surface area contributed by atoms with Gasteiger partial charge in [-0.1, -0.05) is 48.5 Å². The lowest BCUT2D eigenvalue weighted by atomic mass is 9.95. The van der Waals surface area contributed by atoms with Crippen LogP contribution in [-0.4, -0.2) is 22.6 Å². The van der Waals surface area contributed by atoms with Crippen molar-refractivity contribution in [3.63, 3.8) is 0 Å². The zero-order chi connectivity index (χ0) is 21.3. The maximum absolute atomic E-state index is 14.1. The van der Waals surface area contributed by atoms with E-state index in [1.54, 1.807) is 25.1 Å². The van der Waals surface area contributed by atoms with Gasteiger partial charge in [0.2, 0.25) is 0 Å². The lowest BCUT2D eigenvalue weighted by Gasteiger charge is -2.13. The van der Waals surface area contributed by atoms with E-state index in [2.05, 4.69) is 0 Å². The Hall–Kier alpha value is -3.57. The second kappa shape index (κ2) is 8.05. The Labute approximate surface area is 173 Å². The third-order valence-electron chi connectivity index (χ3n) is 5.28. The molecule has 0 saturated heterocycles. The van der Waals surface area contributed by atoms with Crippen LogP contribution in [0.1, 0.15) is 21.5 Å². The standard InChI is InChI=1S/C25H21FN2O2/c1-15-23(25(29)30)20-14-16(12-13-27)6-11-22(20)28-24(15)18-9-7-17(8-10-18)19-4-2-3-5-21(19)26/h2-11,14H,12-13,27H2,1H3,(H,29,30). The molecule has 30 heavy (non-hydrogen) atoms. The van der Waals surface area contributed by atoms with Crippen LogP contribution in [-0.2, 0) is 6.42 Å². The first-order chi connectivity index (χ1) is 14.5. The highest BCUT2D eigenvalue weighted by atomic mass is 19.1. The van der Waals surface area contributed by atoms with E-state index < -0.39 is 5.97 Å². The van der Waals surface area contributed by atoms with Gasteiger partial charge in [-0.15, -0.1) is 0 Å². The van der Waals surface area contributed by atoms with E-state index in [1.807, 2.05) is 42.5 Å². The fraction of sp³-hybridized carbons (Fsp3) is 0.120. The van der Waals surface area contributed by atoms with E-state index in [4.69, 9.17) is 10.7 Å². The largest absolute Gasteiger partial charge is 0.478 e. The molecule has 0 aliphatic heterocycles. The lowest BCUT2D eigenvalue weighted by Crippen LogP contribution is -2.06. The quantitative estimate of drug-likeness (QED) is 0.482. The van der Waals surface area contributed by atoms with Crippen LogP contribution in [0, 0.1) is 12.7 Å². The highest BCUT2D eigenvalue weighted by molar-refractivity contribution is 6.05. The van der Waals surface area contributed by atoms with E-state index in [0.717, 1.165) is 16.7 Å². The van der Waals surface area contributed by atoms with Gasteiger partial charge in [0.1, 0.15) is 5.82 Å². The fourth-order valence-electron chi connectivity index (χ4n) is 3.79. The molecule has 3 N–H and O–H groups in total. The van der Waals surface area contributed by atoms with E-state index in [9.17, 15) is 14.3 Å². The number of carboxylic acid groups (broad SMARTS) is 1. The maximum atomic E-state index is 14.1. The van der Waals surface area contributed by atoms with E-state index in [1.165, 1.54) is 6.07 Å². The van der Waals surface area contributed by atoms with Gasteiger partial charge in [0, 0.05) is 16.5 Å². The number of halogens is 1. The van der Waals surface area contributed by atoms with Gasteiger partial charge >= 0.3 is 5.97 Å². The molecule has 150 valence electrons. The number of hydrogen-bond donors (Lipinski definition) is 2. The summed E-state index contributed by atoms with van der Waals surface area (Å²) >= 11 is 0. The van der Waals surface area contributed by atoms with Crippen LogP contribution < -0.4 is 5.73 Å².